The van der Waals surface area contributed by atoms with Crippen LogP contribution in [0.25, 0.3) is 11.1 Å². The van der Waals surface area contributed by atoms with Crippen molar-refractivity contribution in [2.75, 3.05) is 6.61 Å². The average molecular weight is 492 g/mol. The van der Waals surface area contributed by atoms with Gasteiger partial charge in [0.25, 0.3) is 0 Å². The van der Waals surface area contributed by atoms with Crippen molar-refractivity contribution in [3.8, 4) is 11.1 Å². The van der Waals surface area contributed by atoms with Gasteiger partial charge in [0.1, 0.15) is 18.7 Å². The lowest BCUT2D eigenvalue weighted by molar-refractivity contribution is -0.150. The first-order valence-electron chi connectivity index (χ1n) is 11.3. The quantitative estimate of drug-likeness (QED) is 0.450. The lowest BCUT2D eigenvalue weighted by Crippen LogP contribution is -2.53. The number of aliphatic carboxylic acids is 1. The number of hydrogen-bond acceptors (Lipinski definition) is 4. The molecule has 2 amide bonds. The van der Waals surface area contributed by atoms with Crippen LogP contribution >= 0.6 is 0 Å². The van der Waals surface area contributed by atoms with Crippen molar-refractivity contribution in [2.24, 2.45) is 0 Å². The summed E-state index contributed by atoms with van der Waals surface area (Å²) in [5, 5.41) is 13.3. The third-order valence-electron chi connectivity index (χ3n) is 5.85. The molecule has 0 saturated carbocycles. The Bertz CT molecular complexity index is 1030. The van der Waals surface area contributed by atoms with Crippen molar-refractivity contribution >= 4 is 18.0 Å². The number of hydrogen-bond donors (Lipinski definition) is 3. The number of ether oxygens (including phenoxy) is 1. The number of halogens is 3. The summed E-state index contributed by atoms with van der Waals surface area (Å²) in [5.41, 5.74) is 3.81. The Morgan fingerprint density at radius 3 is 2.06 bits per heavy atom. The maximum Gasteiger partial charge on any atom is 0.407 e. The Kier molecular flexibility index (Phi) is 8.37. The molecule has 0 bridgehead atoms. The van der Waals surface area contributed by atoms with Gasteiger partial charge in [0.05, 0.1) is 6.42 Å². The third-order valence-corrected chi connectivity index (χ3v) is 5.85. The number of fused-ring (bicyclic) bond motifs is 3. The molecule has 0 aromatic heterocycles. The maximum atomic E-state index is 13.1. The number of rotatable bonds is 10. The summed E-state index contributed by atoms with van der Waals surface area (Å²) in [6.45, 7) is 1.67. The molecule has 2 atom stereocenters. The van der Waals surface area contributed by atoms with E-state index in [1.807, 2.05) is 60.8 Å². The Labute approximate surface area is 200 Å². The van der Waals surface area contributed by atoms with Gasteiger partial charge in [0, 0.05) is 5.92 Å². The van der Waals surface area contributed by atoms with Crippen LogP contribution in [0.5, 0.6) is 0 Å². The van der Waals surface area contributed by atoms with Gasteiger partial charge in [0.15, 0.2) is 0 Å². The first-order chi connectivity index (χ1) is 16.6. The van der Waals surface area contributed by atoms with Gasteiger partial charge in [-0.1, -0.05) is 68.3 Å². The van der Waals surface area contributed by atoms with Crippen molar-refractivity contribution in [1.29, 1.82) is 0 Å². The molecule has 10 heteroatoms. The van der Waals surface area contributed by atoms with E-state index >= 15 is 0 Å². The van der Waals surface area contributed by atoms with Crippen LogP contribution in [0.3, 0.4) is 0 Å². The summed E-state index contributed by atoms with van der Waals surface area (Å²) in [4.78, 5) is 36.3. The van der Waals surface area contributed by atoms with Gasteiger partial charge in [-0.3, -0.25) is 4.79 Å². The number of carbonyl (C=O) groups excluding carboxylic acids is 2. The highest BCUT2D eigenvalue weighted by Crippen LogP contribution is 2.44. The highest BCUT2D eigenvalue weighted by molar-refractivity contribution is 5.89. The van der Waals surface area contributed by atoms with Crippen molar-refractivity contribution < 1.29 is 37.4 Å². The standard InChI is InChI=1S/C25H27F3N2O5/c1-2-3-12-20(23(32)33)29-22(31)21(13-25(26,27)28)30-24(34)35-14-19-17-10-6-4-8-15(17)16-9-5-7-11-18(16)19/h4-11,19-21H,2-3,12-14H2,1H3,(H,29,31)(H,30,34)(H,32,33)/t20-,21?/m0/s1. The highest BCUT2D eigenvalue weighted by Gasteiger charge is 2.38. The number of unbranched alkanes of at least 4 members (excludes halogenated alkanes) is 1. The molecule has 0 saturated heterocycles. The van der Waals surface area contributed by atoms with E-state index in [0.717, 1.165) is 22.3 Å². The second-order valence-corrected chi connectivity index (χ2v) is 8.38. The van der Waals surface area contributed by atoms with E-state index in [2.05, 4.69) is 5.32 Å². The van der Waals surface area contributed by atoms with Crippen LogP contribution in [-0.2, 0) is 14.3 Å². The molecule has 3 rings (SSSR count). The van der Waals surface area contributed by atoms with Gasteiger partial charge >= 0.3 is 18.2 Å². The molecular weight excluding hydrogens is 465 g/mol. The Balaban J connectivity index is 1.68. The molecule has 0 fully saturated rings. The van der Waals surface area contributed by atoms with Crippen molar-refractivity contribution in [3.05, 3.63) is 59.7 Å². The van der Waals surface area contributed by atoms with Crippen LogP contribution in [0, 0.1) is 0 Å². The van der Waals surface area contributed by atoms with Crippen LogP contribution in [0.4, 0.5) is 18.0 Å². The number of nitrogens with one attached hydrogen (secondary N) is 2. The first-order valence-corrected chi connectivity index (χ1v) is 11.3. The second-order valence-electron chi connectivity index (χ2n) is 8.38. The number of amides is 2. The summed E-state index contributed by atoms with van der Waals surface area (Å²) in [5.74, 6) is -2.91. The second kappa shape index (κ2) is 11.2. The van der Waals surface area contributed by atoms with Gasteiger partial charge in [0.2, 0.25) is 5.91 Å². The number of carbonyl (C=O) groups is 3. The fourth-order valence-corrected chi connectivity index (χ4v) is 4.16. The normalized spacial score (nSPS) is 14.4. The molecule has 1 aliphatic rings. The lowest BCUT2D eigenvalue weighted by Gasteiger charge is -2.22. The molecule has 1 aliphatic carbocycles. The highest BCUT2D eigenvalue weighted by atomic mass is 19.4. The number of alkyl halides is 3. The van der Waals surface area contributed by atoms with Crippen LogP contribution in [-0.4, -0.2) is 47.9 Å². The predicted octanol–water partition coefficient (Wildman–Crippen LogP) is 4.61. The van der Waals surface area contributed by atoms with Gasteiger partial charge in [-0.15, -0.1) is 0 Å². The van der Waals surface area contributed by atoms with Crippen molar-refractivity contribution in [1.82, 2.24) is 10.6 Å². The van der Waals surface area contributed by atoms with Crippen LogP contribution in [0.2, 0.25) is 0 Å². The molecule has 0 radical (unpaired) electrons. The number of alkyl carbamates (subject to hydrolysis) is 1. The molecule has 188 valence electrons. The summed E-state index contributed by atoms with van der Waals surface area (Å²) >= 11 is 0. The van der Waals surface area contributed by atoms with Gasteiger partial charge in [-0.2, -0.15) is 13.2 Å². The zero-order valence-electron chi connectivity index (χ0n) is 19.1. The van der Waals surface area contributed by atoms with E-state index in [1.54, 1.807) is 0 Å². The molecule has 3 N–H and O–H groups in total. The Morgan fingerprint density at radius 1 is 0.971 bits per heavy atom. The monoisotopic (exact) mass is 492 g/mol. The largest absolute Gasteiger partial charge is 0.480 e. The van der Waals surface area contributed by atoms with Gasteiger partial charge < -0.3 is 20.5 Å². The molecule has 0 heterocycles. The smallest absolute Gasteiger partial charge is 0.407 e. The van der Waals surface area contributed by atoms with E-state index in [-0.39, 0.29) is 18.9 Å². The maximum absolute atomic E-state index is 13.1. The molecule has 7 nitrogen and oxygen atoms in total. The molecule has 35 heavy (non-hydrogen) atoms. The first kappa shape index (κ1) is 26.1. The molecule has 2 aromatic carbocycles. The fraction of sp³-hybridized carbons (Fsp3) is 0.400. The predicted molar refractivity (Wildman–Crippen MR) is 122 cm³/mol. The van der Waals surface area contributed by atoms with Gasteiger partial charge in [-0.05, 0) is 28.7 Å². The lowest BCUT2D eigenvalue weighted by atomic mass is 9.98. The van der Waals surface area contributed by atoms with E-state index in [0.29, 0.717) is 12.8 Å². The minimum absolute atomic E-state index is 0.0568. The van der Waals surface area contributed by atoms with Gasteiger partial charge in [-0.25, -0.2) is 9.59 Å². The fourth-order valence-electron chi connectivity index (χ4n) is 4.16. The zero-order valence-corrected chi connectivity index (χ0v) is 19.1. The van der Waals surface area contributed by atoms with E-state index < -0.39 is 42.7 Å². The number of benzene rings is 2. The Morgan fingerprint density at radius 2 is 1.54 bits per heavy atom. The van der Waals surface area contributed by atoms with Crippen molar-refractivity contribution in [3.63, 3.8) is 0 Å². The molecule has 2 aromatic rings. The van der Waals surface area contributed by atoms with E-state index in [9.17, 15) is 32.7 Å². The van der Waals surface area contributed by atoms with Crippen LogP contribution in [0.1, 0.15) is 49.7 Å². The minimum Gasteiger partial charge on any atom is -0.480 e. The van der Waals surface area contributed by atoms with Crippen LogP contribution < -0.4 is 10.6 Å². The summed E-state index contributed by atoms with van der Waals surface area (Å²) in [6, 6.07) is 11.7. The zero-order chi connectivity index (χ0) is 25.6. The number of carboxylic acids is 1. The third kappa shape index (κ3) is 6.74. The molecule has 0 aliphatic heterocycles. The van der Waals surface area contributed by atoms with Crippen LogP contribution in [0.15, 0.2) is 48.5 Å². The topological polar surface area (TPSA) is 105 Å². The summed E-state index contributed by atoms with van der Waals surface area (Å²) < 4.78 is 44.5. The van der Waals surface area contributed by atoms with E-state index in [1.165, 1.54) is 0 Å². The summed E-state index contributed by atoms with van der Waals surface area (Å²) in [6.07, 6.45) is -6.48. The summed E-state index contributed by atoms with van der Waals surface area (Å²) in [7, 11) is 0. The SMILES string of the molecule is CCCC[C@H](NC(=O)C(CC(F)(F)F)NC(=O)OCC1c2ccccc2-c2ccccc21)C(=O)O. The van der Waals surface area contributed by atoms with Crippen molar-refractivity contribution in [2.45, 2.75) is 56.8 Å². The Hall–Kier alpha value is -3.56. The minimum atomic E-state index is -4.78. The van der Waals surface area contributed by atoms with E-state index in [4.69, 9.17) is 4.74 Å². The number of carboxylic acid groups (broad SMARTS) is 1. The molecular formula is C25H27F3N2O5. The molecule has 0 spiro atoms. The molecule has 1 unspecified atom stereocenters. The average Bonchev–Trinajstić information content (AvgIpc) is 3.12.